The van der Waals surface area contributed by atoms with Crippen LogP contribution in [0.2, 0.25) is 0 Å². The van der Waals surface area contributed by atoms with Gasteiger partial charge in [0.05, 0.1) is 12.5 Å². The van der Waals surface area contributed by atoms with Crippen molar-refractivity contribution in [1.82, 2.24) is 0 Å². The molecule has 0 amide bonds. The summed E-state index contributed by atoms with van der Waals surface area (Å²) in [6.07, 6.45) is 0. The van der Waals surface area contributed by atoms with E-state index in [2.05, 4.69) is 47.2 Å². The topological polar surface area (TPSA) is 58.6 Å². The Kier molecular flexibility index (Phi) is 5.04. The monoisotopic (exact) mass is 403 g/mol. The third-order valence-corrected chi connectivity index (χ3v) is 6.22. The molecule has 0 fully saturated rings. The normalized spacial score (nSPS) is 16.9. The summed E-state index contributed by atoms with van der Waals surface area (Å²) in [6.45, 7) is 7.07. The predicted molar refractivity (Wildman–Crippen MR) is 102 cm³/mol. The molecule has 2 atom stereocenters. The molecule has 4 nitrogen and oxygen atoms in total. The van der Waals surface area contributed by atoms with Gasteiger partial charge in [0.15, 0.2) is 0 Å². The van der Waals surface area contributed by atoms with Crippen LogP contribution >= 0.6 is 15.9 Å². The number of fused-ring (bicyclic) bond motifs is 1. The predicted octanol–water partition coefficient (Wildman–Crippen LogP) is 4.87. The van der Waals surface area contributed by atoms with Gasteiger partial charge in [-0.2, -0.15) is 0 Å². The molecular weight excluding hydrogens is 382 g/mol. The van der Waals surface area contributed by atoms with Crippen LogP contribution in [-0.4, -0.2) is 17.7 Å². The van der Waals surface area contributed by atoms with Gasteiger partial charge in [-0.3, -0.25) is 4.79 Å². The number of hydrogen-bond donors (Lipinski definition) is 2. The summed E-state index contributed by atoms with van der Waals surface area (Å²) in [4.78, 5) is 11.2. The number of carbonyl (C=O) groups is 1. The van der Waals surface area contributed by atoms with Crippen LogP contribution in [0.25, 0.3) is 0 Å². The second kappa shape index (κ2) is 7.08. The minimum absolute atomic E-state index is 0.0863. The molecule has 0 aliphatic carbocycles. The van der Waals surface area contributed by atoms with Crippen LogP contribution in [0, 0.1) is 19.8 Å². The molecule has 0 saturated heterocycles. The van der Waals surface area contributed by atoms with Crippen molar-refractivity contribution in [2.75, 3.05) is 11.9 Å². The number of benzene rings is 2. The Morgan fingerprint density at radius 1 is 1.36 bits per heavy atom. The van der Waals surface area contributed by atoms with Crippen molar-refractivity contribution in [3.05, 3.63) is 57.1 Å². The van der Waals surface area contributed by atoms with Crippen LogP contribution in [0.4, 0.5) is 5.69 Å². The average Bonchev–Trinajstić information content (AvgIpc) is 3.01. The van der Waals surface area contributed by atoms with Gasteiger partial charge in [-0.05, 0) is 36.6 Å². The minimum atomic E-state index is -0.788. The van der Waals surface area contributed by atoms with Gasteiger partial charge in [0.2, 0.25) is 0 Å². The first-order chi connectivity index (χ1) is 11.9. The van der Waals surface area contributed by atoms with Crippen molar-refractivity contribution in [2.45, 2.75) is 33.2 Å². The molecule has 132 valence electrons. The van der Waals surface area contributed by atoms with E-state index in [0.717, 1.165) is 28.0 Å². The van der Waals surface area contributed by atoms with Gasteiger partial charge in [-0.25, -0.2) is 0 Å². The molecule has 2 aromatic carbocycles. The molecule has 5 heteroatoms. The van der Waals surface area contributed by atoms with Crippen LogP contribution in [0.1, 0.15) is 35.1 Å². The number of anilines is 1. The maximum Gasteiger partial charge on any atom is 0.306 e. The number of rotatable bonds is 5. The maximum atomic E-state index is 11.2. The molecule has 1 unspecified atom stereocenters. The summed E-state index contributed by atoms with van der Waals surface area (Å²) in [5.74, 6) is -0.543. The summed E-state index contributed by atoms with van der Waals surface area (Å²) >= 11 is 3.63. The van der Waals surface area contributed by atoms with Crippen LogP contribution < -0.4 is 10.1 Å². The van der Waals surface area contributed by atoms with Crippen LogP contribution in [-0.2, 0) is 11.3 Å². The first kappa shape index (κ1) is 17.8. The number of ether oxygens (including phenoxy) is 1. The molecule has 1 aliphatic heterocycles. The fourth-order valence-electron chi connectivity index (χ4n) is 3.18. The summed E-state index contributed by atoms with van der Waals surface area (Å²) in [6, 6.07) is 10.2. The van der Waals surface area contributed by atoms with E-state index in [4.69, 9.17) is 4.74 Å². The zero-order chi connectivity index (χ0) is 18.1. The number of nitrogens with one attached hydrogen (secondary N) is 1. The second-order valence-corrected chi connectivity index (χ2v) is 7.42. The number of carboxylic acid groups (broad SMARTS) is 1. The first-order valence-electron chi connectivity index (χ1n) is 8.36. The standard InChI is InChI=1S/C20H22BrNO3/c1-11-4-5-14(12(2)19(11)21)9-22-15-6-7-16-17(13(3)20(23)24)10-25-18(16)8-15/h4-8,13,17,22H,9-10H2,1-3H3,(H,23,24)/t13?,17-/m0/s1. The number of hydrogen-bond acceptors (Lipinski definition) is 3. The molecule has 2 aromatic rings. The first-order valence-corrected chi connectivity index (χ1v) is 9.15. The number of aryl methyl sites for hydroxylation is 1. The molecule has 0 aromatic heterocycles. The summed E-state index contributed by atoms with van der Waals surface area (Å²) in [5, 5.41) is 12.7. The van der Waals surface area contributed by atoms with Gasteiger partial charge in [0, 0.05) is 34.3 Å². The molecule has 0 radical (unpaired) electrons. The lowest BCUT2D eigenvalue weighted by atomic mass is 9.89. The Morgan fingerprint density at radius 2 is 2.12 bits per heavy atom. The number of carboxylic acids is 1. The number of aliphatic carboxylic acids is 1. The van der Waals surface area contributed by atoms with E-state index in [1.807, 2.05) is 18.2 Å². The van der Waals surface area contributed by atoms with Gasteiger partial charge < -0.3 is 15.2 Å². The zero-order valence-corrected chi connectivity index (χ0v) is 16.2. The minimum Gasteiger partial charge on any atom is -0.493 e. The highest BCUT2D eigenvalue weighted by atomic mass is 79.9. The van der Waals surface area contributed by atoms with Crippen LogP contribution in [0.15, 0.2) is 34.8 Å². The highest BCUT2D eigenvalue weighted by Gasteiger charge is 2.32. The van der Waals surface area contributed by atoms with E-state index >= 15 is 0 Å². The van der Waals surface area contributed by atoms with E-state index in [-0.39, 0.29) is 5.92 Å². The van der Waals surface area contributed by atoms with E-state index in [9.17, 15) is 9.90 Å². The average molecular weight is 404 g/mol. The van der Waals surface area contributed by atoms with E-state index in [1.165, 1.54) is 16.7 Å². The van der Waals surface area contributed by atoms with Crippen molar-refractivity contribution in [3.63, 3.8) is 0 Å². The molecule has 2 N–H and O–H groups in total. The van der Waals surface area contributed by atoms with Gasteiger partial charge in [-0.15, -0.1) is 0 Å². The van der Waals surface area contributed by atoms with E-state index in [1.54, 1.807) is 6.92 Å². The quantitative estimate of drug-likeness (QED) is 0.746. The highest BCUT2D eigenvalue weighted by molar-refractivity contribution is 9.10. The maximum absolute atomic E-state index is 11.2. The fourth-order valence-corrected chi connectivity index (χ4v) is 3.57. The SMILES string of the molecule is Cc1ccc(CNc2ccc3c(c2)OC[C@H]3C(C)C(=O)O)c(C)c1Br. The third kappa shape index (κ3) is 3.52. The smallest absolute Gasteiger partial charge is 0.306 e. The van der Waals surface area contributed by atoms with Gasteiger partial charge >= 0.3 is 5.97 Å². The molecule has 3 rings (SSSR count). The lowest BCUT2D eigenvalue weighted by Gasteiger charge is -2.14. The molecule has 0 saturated carbocycles. The third-order valence-electron chi connectivity index (χ3n) is 5.00. The molecule has 0 bridgehead atoms. The van der Waals surface area contributed by atoms with E-state index in [0.29, 0.717) is 6.61 Å². The Balaban J connectivity index is 1.74. The Morgan fingerprint density at radius 3 is 2.84 bits per heavy atom. The summed E-state index contributed by atoms with van der Waals surface area (Å²) in [5.41, 5.74) is 5.65. The highest BCUT2D eigenvalue weighted by Crippen LogP contribution is 2.40. The molecule has 0 spiro atoms. The van der Waals surface area contributed by atoms with Crippen molar-refractivity contribution in [1.29, 1.82) is 0 Å². The van der Waals surface area contributed by atoms with Gasteiger partial charge in [0.25, 0.3) is 0 Å². The van der Waals surface area contributed by atoms with Crippen molar-refractivity contribution in [3.8, 4) is 5.75 Å². The largest absolute Gasteiger partial charge is 0.493 e. The van der Waals surface area contributed by atoms with Crippen LogP contribution in [0.3, 0.4) is 0 Å². The van der Waals surface area contributed by atoms with Crippen molar-refractivity contribution >= 4 is 27.6 Å². The summed E-state index contributed by atoms with van der Waals surface area (Å²) < 4.78 is 6.87. The van der Waals surface area contributed by atoms with Crippen molar-refractivity contribution in [2.24, 2.45) is 5.92 Å². The lowest BCUT2D eigenvalue weighted by molar-refractivity contribution is -0.142. The molecule has 1 heterocycles. The second-order valence-electron chi connectivity index (χ2n) is 6.63. The Hall–Kier alpha value is -2.01. The van der Waals surface area contributed by atoms with Crippen molar-refractivity contribution < 1.29 is 14.6 Å². The fraction of sp³-hybridized carbons (Fsp3) is 0.350. The lowest BCUT2D eigenvalue weighted by Crippen LogP contribution is -2.19. The van der Waals surface area contributed by atoms with Gasteiger partial charge in [-0.1, -0.05) is 41.1 Å². The molecule has 25 heavy (non-hydrogen) atoms. The van der Waals surface area contributed by atoms with Gasteiger partial charge in [0.1, 0.15) is 5.75 Å². The number of halogens is 1. The zero-order valence-electron chi connectivity index (χ0n) is 14.6. The molecule has 1 aliphatic rings. The molecular formula is C20H22BrNO3. The van der Waals surface area contributed by atoms with E-state index < -0.39 is 11.9 Å². The Bertz CT molecular complexity index is 819. The van der Waals surface area contributed by atoms with Crippen LogP contribution in [0.5, 0.6) is 5.75 Å². The summed E-state index contributed by atoms with van der Waals surface area (Å²) in [7, 11) is 0. The Labute approximate surface area is 156 Å².